The second-order valence-electron chi connectivity index (χ2n) is 3.54. The van der Waals surface area contributed by atoms with Crippen LogP contribution in [0.15, 0.2) is 40.9 Å². The van der Waals surface area contributed by atoms with Crippen molar-refractivity contribution < 1.29 is 4.74 Å². The molecule has 5 heteroatoms. The highest BCUT2D eigenvalue weighted by Gasteiger charge is 2.09. The fourth-order valence-corrected chi connectivity index (χ4v) is 2.38. The number of hydrogen-bond donors (Lipinski definition) is 0. The molecule has 2 rings (SSSR count). The van der Waals surface area contributed by atoms with Crippen LogP contribution in [-0.2, 0) is 5.88 Å². The highest BCUT2D eigenvalue weighted by Crippen LogP contribution is 2.36. The average Bonchev–Trinajstić information content (AvgIpc) is 2.37. The maximum absolute atomic E-state index is 6.07. The first-order valence-electron chi connectivity index (χ1n) is 5.08. The molecule has 94 valence electrons. The maximum atomic E-state index is 6.07. The molecule has 0 amide bonds. The van der Waals surface area contributed by atoms with E-state index >= 15 is 0 Å². The van der Waals surface area contributed by atoms with E-state index in [9.17, 15) is 0 Å². The van der Waals surface area contributed by atoms with Gasteiger partial charge in [0, 0.05) is 10.0 Å². The highest BCUT2D eigenvalue weighted by molar-refractivity contribution is 9.10. The smallest absolute Gasteiger partial charge is 0.147 e. The Morgan fingerprint density at radius 3 is 2.56 bits per heavy atom. The molecular weight excluding hydrogens is 358 g/mol. The minimum Gasteiger partial charge on any atom is -0.455 e. The summed E-state index contributed by atoms with van der Waals surface area (Å²) in [7, 11) is 0. The van der Waals surface area contributed by atoms with Crippen molar-refractivity contribution in [3.63, 3.8) is 0 Å². The van der Waals surface area contributed by atoms with E-state index in [2.05, 4.69) is 15.9 Å². The van der Waals surface area contributed by atoms with Gasteiger partial charge in [-0.2, -0.15) is 0 Å². The fraction of sp³-hybridized carbons (Fsp3) is 0.0769. The predicted octanol–water partition coefficient (Wildman–Crippen LogP) is 6.29. The molecule has 0 fully saturated rings. The summed E-state index contributed by atoms with van der Waals surface area (Å²) in [5.41, 5.74) is 0.877. The van der Waals surface area contributed by atoms with Crippen LogP contribution in [-0.4, -0.2) is 0 Å². The van der Waals surface area contributed by atoms with Crippen molar-refractivity contribution in [1.82, 2.24) is 0 Å². The van der Waals surface area contributed by atoms with E-state index in [0.717, 1.165) is 10.0 Å². The van der Waals surface area contributed by atoms with E-state index in [0.29, 0.717) is 27.4 Å². The number of rotatable bonds is 3. The number of ether oxygens (including phenoxy) is 1. The van der Waals surface area contributed by atoms with E-state index in [1.807, 2.05) is 18.2 Å². The number of benzene rings is 2. The molecule has 1 nitrogen and oxygen atoms in total. The minimum absolute atomic E-state index is 0.354. The summed E-state index contributed by atoms with van der Waals surface area (Å²) < 4.78 is 6.69. The van der Waals surface area contributed by atoms with Crippen LogP contribution in [0.4, 0.5) is 0 Å². The molecule has 0 aliphatic rings. The Hall–Kier alpha value is -0.410. The standard InChI is InChI=1S/C13H8BrCl3O/c14-9-4-5-11(8(6-9)7-15)18-12-3-1-2-10(16)13(12)17/h1-6H,7H2. The molecule has 0 N–H and O–H groups in total. The molecule has 0 bridgehead atoms. The molecule has 0 aliphatic carbocycles. The summed E-state index contributed by atoms with van der Waals surface area (Å²) in [6, 6.07) is 10.9. The van der Waals surface area contributed by atoms with E-state index in [-0.39, 0.29) is 0 Å². The van der Waals surface area contributed by atoms with Gasteiger partial charge >= 0.3 is 0 Å². The van der Waals surface area contributed by atoms with Gasteiger partial charge < -0.3 is 4.74 Å². The van der Waals surface area contributed by atoms with E-state index in [4.69, 9.17) is 39.5 Å². The zero-order valence-electron chi connectivity index (χ0n) is 9.09. The van der Waals surface area contributed by atoms with Crippen molar-refractivity contribution in [3.8, 4) is 11.5 Å². The van der Waals surface area contributed by atoms with Gasteiger partial charge in [-0.1, -0.05) is 45.2 Å². The number of hydrogen-bond acceptors (Lipinski definition) is 1. The lowest BCUT2D eigenvalue weighted by atomic mass is 10.2. The van der Waals surface area contributed by atoms with Crippen molar-refractivity contribution in [2.24, 2.45) is 0 Å². The van der Waals surface area contributed by atoms with Crippen LogP contribution in [0.2, 0.25) is 10.0 Å². The topological polar surface area (TPSA) is 9.23 Å². The zero-order valence-corrected chi connectivity index (χ0v) is 12.9. The van der Waals surface area contributed by atoms with Gasteiger partial charge in [-0.25, -0.2) is 0 Å². The number of halogens is 4. The van der Waals surface area contributed by atoms with Crippen molar-refractivity contribution >= 4 is 50.7 Å². The van der Waals surface area contributed by atoms with Crippen LogP contribution in [0.25, 0.3) is 0 Å². The fourth-order valence-electron chi connectivity index (χ4n) is 1.43. The third-order valence-electron chi connectivity index (χ3n) is 2.30. The van der Waals surface area contributed by atoms with Crippen LogP contribution in [0.1, 0.15) is 5.56 Å². The summed E-state index contributed by atoms with van der Waals surface area (Å²) in [5, 5.41) is 0.848. The third-order valence-corrected chi connectivity index (χ3v) is 3.89. The van der Waals surface area contributed by atoms with Gasteiger partial charge in [0.15, 0.2) is 0 Å². The second kappa shape index (κ2) is 6.16. The molecule has 2 aromatic rings. The van der Waals surface area contributed by atoms with Gasteiger partial charge in [-0.3, -0.25) is 0 Å². The largest absolute Gasteiger partial charge is 0.455 e. The average molecular weight is 366 g/mol. The highest BCUT2D eigenvalue weighted by atomic mass is 79.9. The van der Waals surface area contributed by atoms with Gasteiger partial charge in [-0.05, 0) is 30.3 Å². The molecule has 0 spiro atoms. The summed E-state index contributed by atoms with van der Waals surface area (Å²) >= 11 is 21.3. The summed E-state index contributed by atoms with van der Waals surface area (Å²) in [4.78, 5) is 0. The Morgan fingerprint density at radius 1 is 1.06 bits per heavy atom. The monoisotopic (exact) mass is 364 g/mol. The van der Waals surface area contributed by atoms with Crippen molar-refractivity contribution in [1.29, 1.82) is 0 Å². The molecule has 0 heterocycles. The van der Waals surface area contributed by atoms with Crippen molar-refractivity contribution in [2.45, 2.75) is 5.88 Å². The molecule has 0 atom stereocenters. The normalized spacial score (nSPS) is 10.4. The third kappa shape index (κ3) is 3.12. The predicted molar refractivity (Wildman–Crippen MR) is 80.2 cm³/mol. The quantitative estimate of drug-likeness (QED) is 0.580. The number of alkyl halides is 1. The molecule has 2 aromatic carbocycles. The second-order valence-corrected chi connectivity index (χ2v) is 5.51. The molecule has 0 aliphatic heterocycles. The van der Waals surface area contributed by atoms with Gasteiger partial charge in [0.25, 0.3) is 0 Å². The molecule has 0 unspecified atom stereocenters. The summed E-state index contributed by atoms with van der Waals surface area (Å²) in [6.07, 6.45) is 0. The maximum Gasteiger partial charge on any atom is 0.147 e. The first-order chi connectivity index (χ1) is 8.61. The van der Waals surface area contributed by atoms with E-state index < -0.39 is 0 Å². The first-order valence-corrected chi connectivity index (χ1v) is 7.16. The Labute approximate surface area is 129 Å². The Kier molecular flexibility index (Phi) is 4.79. The lowest BCUT2D eigenvalue weighted by Crippen LogP contribution is -1.90. The van der Waals surface area contributed by atoms with Crippen LogP contribution >= 0.6 is 50.7 Å². The van der Waals surface area contributed by atoms with Gasteiger partial charge in [0.05, 0.1) is 10.9 Å². The van der Waals surface area contributed by atoms with Crippen molar-refractivity contribution in [2.75, 3.05) is 0 Å². The summed E-state index contributed by atoms with van der Waals surface area (Å²) in [6.45, 7) is 0. The zero-order chi connectivity index (χ0) is 13.1. The lowest BCUT2D eigenvalue weighted by Gasteiger charge is -2.11. The van der Waals surface area contributed by atoms with Crippen LogP contribution in [0, 0.1) is 0 Å². The van der Waals surface area contributed by atoms with Gasteiger partial charge in [-0.15, -0.1) is 11.6 Å². The van der Waals surface area contributed by atoms with Crippen LogP contribution in [0.3, 0.4) is 0 Å². The van der Waals surface area contributed by atoms with E-state index in [1.54, 1.807) is 18.2 Å². The lowest BCUT2D eigenvalue weighted by molar-refractivity contribution is 0.478. The SMILES string of the molecule is ClCc1cc(Br)ccc1Oc1cccc(Cl)c1Cl. The molecule has 0 saturated carbocycles. The van der Waals surface area contributed by atoms with Crippen LogP contribution in [0.5, 0.6) is 11.5 Å². The first kappa shape index (κ1) is 14.0. The van der Waals surface area contributed by atoms with Gasteiger partial charge in [0.2, 0.25) is 0 Å². The summed E-state index contributed by atoms with van der Waals surface area (Å²) in [5.74, 6) is 1.53. The Balaban J connectivity index is 2.37. The Morgan fingerprint density at radius 2 is 1.83 bits per heavy atom. The van der Waals surface area contributed by atoms with Crippen molar-refractivity contribution in [3.05, 3.63) is 56.5 Å². The molecule has 18 heavy (non-hydrogen) atoms. The molecule has 0 radical (unpaired) electrons. The Bertz CT molecular complexity index is 572. The molecule has 0 aromatic heterocycles. The molecular formula is C13H8BrCl3O. The molecule has 0 saturated heterocycles. The van der Waals surface area contributed by atoms with Gasteiger partial charge in [0.1, 0.15) is 16.5 Å². The van der Waals surface area contributed by atoms with E-state index in [1.165, 1.54) is 0 Å². The minimum atomic E-state index is 0.354. The van der Waals surface area contributed by atoms with Crippen LogP contribution < -0.4 is 4.74 Å².